The minimum absolute atomic E-state index is 1.18. The molecule has 0 heterocycles. The van der Waals surface area contributed by atoms with Gasteiger partial charge in [-0.3, -0.25) is 0 Å². The Balaban J connectivity index is 2.20. The molecule has 0 aliphatic heterocycles. The highest BCUT2D eigenvalue weighted by molar-refractivity contribution is 6.04. The fraction of sp³-hybridized carbons (Fsp3) is 0. The summed E-state index contributed by atoms with van der Waals surface area (Å²) in [5.74, 6) is 0. The van der Waals surface area contributed by atoms with E-state index < -0.39 is 0 Å². The minimum atomic E-state index is 1.18. The normalized spacial score (nSPS) is 11.3. The van der Waals surface area contributed by atoms with Crippen LogP contribution in [0, 0.1) is 6.07 Å². The molecular formula is C18H11-. The Morgan fingerprint density at radius 1 is 0.500 bits per heavy atom. The highest BCUT2D eigenvalue weighted by Crippen LogP contribution is 2.26. The van der Waals surface area contributed by atoms with Gasteiger partial charge in [0.25, 0.3) is 0 Å². The standard InChI is InChI=1S/C18H11/c1-2-6-14-10-18-12-16-8-4-3-7-15(16)11-17(18)9-13(14)5-1/h1-11H/q-1. The van der Waals surface area contributed by atoms with Crippen molar-refractivity contribution in [2.45, 2.75) is 0 Å². The molecule has 84 valence electrons. The third-order valence-electron chi connectivity index (χ3n) is 3.46. The molecule has 0 nitrogen and oxygen atoms in total. The third kappa shape index (κ3) is 1.39. The lowest BCUT2D eigenvalue weighted by molar-refractivity contribution is 1.77. The quantitative estimate of drug-likeness (QED) is 0.294. The van der Waals surface area contributed by atoms with E-state index in [1.807, 2.05) is 0 Å². The van der Waals surface area contributed by atoms with Crippen LogP contribution in [0.2, 0.25) is 0 Å². The van der Waals surface area contributed by atoms with E-state index in [1.54, 1.807) is 0 Å². The van der Waals surface area contributed by atoms with Crippen LogP contribution in [0.5, 0.6) is 0 Å². The van der Waals surface area contributed by atoms with Gasteiger partial charge in [-0.1, -0.05) is 64.7 Å². The van der Waals surface area contributed by atoms with Crippen LogP contribution in [0.4, 0.5) is 0 Å². The van der Waals surface area contributed by atoms with Gasteiger partial charge in [-0.2, -0.15) is 0 Å². The highest BCUT2D eigenvalue weighted by Gasteiger charge is 1.94. The zero-order valence-corrected chi connectivity index (χ0v) is 9.85. The molecule has 18 heavy (non-hydrogen) atoms. The monoisotopic (exact) mass is 227 g/mol. The van der Waals surface area contributed by atoms with E-state index in [0.717, 1.165) is 0 Å². The molecule has 0 fully saturated rings. The molecule has 0 saturated heterocycles. The average molecular weight is 227 g/mol. The summed E-state index contributed by atoms with van der Waals surface area (Å²) in [6.45, 7) is 0. The molecule has 4 rings (SSSR count). The van der Waals surface area contributed by atoms with Crippen molar-refractivity contribution in [3.05, 3.63) is 72.8 Å². The number of fused-ring (bicyclic) bond motifs is 3. The predicted molar refractivity (Wildman–Crippen MR) is 77.8 cm³/mol. The van der Waals surface area contributed by atoms with Gasteiger partial charge in [0.1, 0.15) is 0 Å². The second-order valence-electron chi connectivity index (χ2n) is 4.64. The number of benzene rings is 4. The van der Waals surface area contributed by atoms with E-state index in [0.29, 0.717) is 0 Å². The fourth-order valence-corrected chi connectivity index (χ4v) is 2.53. The Labute approximate surface area is 105 Å². The SMILES string of the molecule is [c-]1c2ccccc2cc2cc3ccccc3cc12. The van der Waals surface area contributed by atoms with Crippen molar-refractivity contribution in [2.24, 2.45) is 0 Å². The molecule has 0 atom stereocenters. The third-order valence-corrected chi connectivity index (χ3v) is 3.46. The first-order chi connectivity index (χ1) is 8.90. The maximum Gasteiger partial charge on any atom is -0.0327 e. The fourth-order valence-electron chi connectivity index (χ4n) is 2.53. The molecule has 0 radical (unpaired) electrons. The predicted octanol–water partition coefficient (Wildman–Crippen LogP) is 4.95. The molecule has 0 aromatic heterocycles. The maximum absolute atomic E-state index is 3.50. The van der Waals surface area contributed by atoms with Crippen molar-refractivity contribution < 1.29 is 0 Å². The second kappa shape index (κ2) is 3.58. The molecule has 0 spiro atoms. The second-order valence-corrected chi connectivity index (χ2v) is 4.64. The van der Waals surface area contributed by atoms with Gasteiger partial charge in [-0.25, -0.2) is 0 Å². The average Bonchev–Trinajstić information content (AvgIpc) is 2.42. The molecule has 0 aliphatic carbocycles. The van der Waals surface area contributed by atoms with Gasteiger partial charge in [-0.05, 0) is 5.39 Å². The van der Waals surface area contributed by atoms with Crippen molar-refractivity contribution in [3.8, 4) is 0 Å². The summed E-state index contributed by atoms with van der Waals surface area (Å²) in [6, 6.07) is 27.1. The van der Waals surface area contributed by atoms with E-state index in [1.165, 1.54) is 32.3 Å². The van der Waals surface area contributed by atoms with Crippen LogP contribution in [0.15, 0.2) is 66.7 Å². The molecule has 0 aliphatic rings. The summed E-state index contributed by atoms with van der Waals surface area (Å²) in [7, 11) is 0. The van der Waals surface area contributed by atoms with Crippen LogP contribution >= 0.6 is 0 Å². The maximum atomic E-state index is 3.50. The lowest BCUT2D eigenvalue weighted by Gasteiger charge is -2.10. The molecule has 0 saturated carbocycles. The van der Waals surface area contributed by atoms with Gasteiger partial charge in [0, 0.05) is 0 Å². The van der Waals surface area contributed by atoms with Gasteiger partial charge < -0.3 is 0 Å². The molecule has 4 aromatic rings. The summed E-state index contributed by atoms with van der Waals surface area (Å²) in [5.41, 5.74) is 0. The molecule has 0 bridgehead atoms. The number of hydrogen-bond donors (Lipinski definition) is 0. The zero-order valence-electron chi connectivity index (χ0n) is 9.85. The summed E-state index contributed by atoms with van der Waals surface area (Å²) < 4.78 is 0. The van der Waals surface area contributed by atoms with Crippen molar-refractivity contribution in [1.29, 1.82) is 0 Å². The van der Waals surface area contributed by atoms with E-state index in [9.17, 15) is 0 Å². The van der Waals surface area contributed by atoms with Gasteiger partial charge in [0.15, 0.2) is 0 Å². The van der Waals surface area contributed by atoms with Crippen LogP contribution in [-0.4, -0.2) is 0 Å². The summed E-state index contributed by atoms with van der Waals surface area (Å²) >= 11 is 0. The Bertz CT molecular complexity index is 728. The van der Waals surface area contributed by atoms with Crippen LogP contribution in [0.3, 0.4) is 0 Å². The smallest absolute Gasteiger partial charge is 0.0327 e. The number of hydrogen-bond acceptors (Lipinski definition) is 0. The van der Waals surface area contributed by atoms with E-state index in [-0.39, 0.29) is 0 Å². The molecule has 0 unspecified atom stereocenters. The van der Waals surface area contributed by atoms with Crippen LogP contribution < -0.4 is 0 Å². The van der Waals surface area contributed by atoms with Crippen LogP contribution in [-0.2, 0) is 0 Å². The van der Waals surface area contributed by atoms with Crippen molar-refractivity contribution in [3.63, 3.8) is 0 Å². The minimum Gasteiger partial charge on any atom is -0.118 e. The number of rotatable bonds is 0. The van der Waals surface area contributed by atoms with E-state index in [2.05, 4.69) is 72.8 Å². The molecule has 0 N–H and O–H groups in total. The Hall–Kier alpha value is -2.34. The van der Waals surface area contributed by atoms with Gasteiger partial charge in [0.05, 0.1) is 0 Å². The lowest BCUT2D eigenvalue weighted by atomic mass is 10.00. The first kappa shape index (κ1) is 9.67. The van der Waals surface area contributed by atoms with E-state index in [4.69, 9.17) is 0 Å². The molecule has 0 amide bonds. The van der Waals surface area contributed by atoms with Crippen LogP contribution in [0.25, 0.3) is 32.3 Å². The summed E-state index contributed by atoms with van der Waals surface area (Å²) in [4.78, 5) is 0. The molecular weight excluding hydrogens is 216 g/mol. The topological polar surface area (TPSA) is 0 Å². The molecule has 0 heteroatoms. The highest BCUT2D eigenvalue weighted by atomic mass is 14.0. The van der Waals surface area contributed by atoms with E-state index >= 15 is 0 Å². The van der Waals surface area contributed by atoms with Crippen LogP contribution in [0.1, 0.15) is 0 Å². The van der Waals surface area contributed by atoms with Gasteiger partial charge in [0.2, 0.25) is 0 Å². The largest absolute Gasteiger partial charge is 0.118 e. The van der Waals surface area contributed by atoms with Crippen molar-refractivity contribution in [2.75, 3.05) is 0 Å². The summed E-state index contributed by atoms with van der Waals surface area (Å²) in [5, 5.41) is 7.44. The van der Waals surface area contributed by atoms with Crippen molar-refractivity contribution >= 4 is 32.3 Å². The first-order valence-corrected chi connectivity index (χ1v) is 6.14. The summed E-state index contributed by atoms with van der Waals surface area (Å²) in [6.07, 6.45) is 0. The lowest BCUT2D eigenvalue weighted by Crippen LogP contribution is -1.78. The Kier molecular flexibility index (Phi) is 1.92. The van der Waals surface area contributed by atoms with Gasteiger partial charge >= 0.3 is 0 Å². The van der Waals surface area contributed by atoms with Gasteiger partial charge in [-0.15, -0.1) is 35.0 Å². The zero-order chi connectivity index (χ0) is 11.9. The Morgan fingerprint density at radius 3 is 1.94 bits per heavy atom. The van der Waals surface area contributed by atoms with Crippen molar-refractivity contribution in [1.82, 2.24) is 0 Å². The first-order valence-electron chi connectivity index (χ1n) is 6.14. The Morgan fingerprint density at radius 2 is 1.11 bits per heavy atom. The molecule has 4 aromatic carbocycles.